The Balaban J connectivity index is 2.13. The van der Waals surface area contributed by atoms with Gasteiger partial charge in [-0.25, -0.2) is 4.79 Å². The number of esters is 1. The Hall–Kier alpha value is -3.45. The van der Waals surface area contributed by atoms with Gasteiger partial charge in [0.05, 0.1) is 30.9 Å². The van der Waals surface area contributed by atoms with Gasteiger partial charge in [0.15, 0.2) is 0 Å². The maximum absolute atomic E-state index is 12.6. The van der Waals surface area contributed by atoms with Crippen LogP contribution in [-0.4, -0.2) is 53.0 Å². The van der Waals surface area contributed by atoms with Gasteiger partial charge in [0.2, 0.25) is 0 Å². The van der Waals surface area contributed by atoms with Gasteiger partial charge in [-0.15, -0.1) is 0 Å². The van der Waals surface area contributed by atoms with Gasteiger partial charge in [-0.3, -0.25) is 9.59 Å². The first-order valence-electron chi connectivity index (χ1n) is 8.62. The second kappa shape index (κ2) is 8.06. The Bertz CT molecular complexity index is 933. The van der Waals surface area contributed by atoms with Crippen molar-refractivity contribution in [1.82, 2.24) is 4.90 Å². The van der Waals surface area contributed by atoms with Crippen molar-refractivity contribution in [3.8, 4) is 0 Å². The third-order valence-electron chi connectivity index (χ3n) is 4.58. The molecule has 7 nitrogen and oxygen atoms in total. The number of β-amino-alcohol motifs (C(OH)–C–C–N with tert-alkyl or cyclic N) is 1. The third-order valence-corrected chi connectivity index (χ3v) is 4.58. The molecule has 0 spiro atoms. The van der Waals surface area contributed by atoms with E-state index >= 15 is 0 Å². The fourth-order valence-electron chi connectivity index (χ4n) is 3.24. The zero-order valence-corrected chi connectivity index (χ0v) is 15.2. The van der Waals surface area contributed by atoms with Crippen LogP contribution in [0.2, 0.25) is 0 Å². The molecule has 0 aromatic heterocycles. The van der Waals surface area contributed by atoms with Crippen molar-refractivity contribution in [3.05, 3.63) is 76.9 Å². The number of rotatable bonds is 5. The number of aliphatic hydroxyl groups is 2. The Morgan fingerprint density at radius 2 is 1.68 bits per heavy atom. The Labute approximate surface area is 161 Å². The van der Waals surface area contributed by atoms with E-state index in [-0.39, 0.29) is 24.5 Å². The van der Waals surface area contributed by atoms with Crippen molar-refractivity contribution in [2.75, 3.05) is 20.3 Å². The molecule has 2 aromatic carbocycles. The fourth-order valence-corrected chi connectivity index (χ4v) is 3.24. The first-order valence-corrected chi connectivity index (χ1v) is 8.62. The molecule has 2 N–H and O–H groups in total. The summed E-state index contributed by atoms with van der Waals surface area (Å²) < 4.78 is 4.67. The van der Waals surface area contributed by atoms with E-state index in [0.29, 0.717) is 16.7 Å². The van der Waals surface area contributed by atoms with Crippen LogP contribution in [0.25, 0.3) is 5.76 Å². The van der Waals surface area contributed by atoms with E-state index in [0.717, 1.165) is 0 Å². The lowest BCUT2D eigenvalue weighted by atomic mass is 9.94. The molecule has 1 atom stereocenters. The molecule has 0 radical (unpaired) electrons. The number of aliphatic hydroxyl groups excluding tert-OH is 2. The molecule has 144 valence electrons. The predicted octanol–water partition coefficient (Wildman–Crippen LogP) is 1.89. The molecule has 28 heavy (non-hydrogen) atoms. The SMILES string of the molecule is COC(=O)c1ccc(C2/C(=C(\O)c3ccccc3)C(=O)C(=O)N2CCO)cc1. The molecular formula is C21H19NO6. The second-order valence-electron chi connectivity index (χ2n) is 6.20. The van der Waals surface area contributed by atoms with Crippen LogP contribution in [0.1, 0.15) is 27.5 Å². The van der Waals surface area contributed by atoms with Gasteiger partial charge >= 0.3 is 5.97 Å². The summed E-state index contributed by atoms with van der Waals surface area (Å²) in [6, 6.07) is 13.8. The molecule has 1 fully saturated rings. The van der Waals surface area contributed by atoms with Crippen LogP contribution in [-0.2, 0) is 14.3 Å². The fraction of sp³-hybridized carbons (Fsp3) is 0.190. The first-order chi connectivity index (χ1) is 13.5. The van der Waals surface area contributed by atoms with E-state index in [4.69, 9.17) is 0 Å². The average molecular weight is 381 g/mol. The molecule has 1 heterocycles. The number of ketones is 1. The highest BCUT2D eigenvalue weighted by Gasteiger charge is 2.45. The van der Waals surface area contributed by atoms with Gasteiger partial charge < -0.3 is 19.8 Å². The third kappa shape index (κ3) is 3.39. The number of amides is 1. The zero-order chi connectivity index (χ0) is 20.3. The van der Waals surface area contributed by atoms with Crippen LogP contribution in [0.5, 0.6) is 0 Å². The highest BCUT2D eigenvalue weighted by atomic mass is 16.5. The molecule has 0 saturated carbocycles. The highest BCUT2D eigenvalue weighted by Crippen LogP contribution is 2.39. The van der Waals surface area contributed by atoms with Gasteiger partial charge in [-0.05, 0) is 17.7 Å². The standard InChI is InChI=1S/C21H19NO6/c1-28-21(27)15-9-7-13(8-10-15)17-16(18(24)14-5-3-2-4-6-14)19(25)20(26)22(17)11-12-23/h2-10,17,23-24H,11-12H2,1H3/b18-16+. The number of hydrogen-bond acceptors (Lipinski definition) is 6. The summed E-state index contributed by atoms with van der Waals surface area (Å²) >= 11 is 0. The number of nitrogens with zero attached hydrogens (tertiary/aromatic N) is 1. The number of carbonyl (C=O) groups is 3. The van der Waals surface area contributed by atoms with Crippen molar-refractivity contribution in [3.63, 3.8) is 0 Å². The van der Waals surface area contributed by atoms with Crippen LogP contribution >= 0.6 is 0 Å². The lowest BCUT2D eigenvalue weighted by Gasteiger charge is -2.24. The van der Waals surface area contributed by atoms with E-state index in [9.17, 15) is 24.6 Å². The molecule has 1 saturated heterocycles. The van der Waals surface area contributed by atoms with Crippen LogP contribution in [0.4, 0.5) is 0 Å². The molecule has 7 heteroatoms. The number of hydrogen-bond donors (Lipinski definition) is 2. The lowest BCUT2D eigenvalue weighted by molar-refractivity contribution is -0.140. The largest absolute Gasteiger partial charge is 0.507 e. The smallest absolute Gasteiger partial charge is 0.337 e. The molecule has 1 aliphatic heterocycles. The van der Waals surface area contributed by atoms with E-state index in [1.165, 1.54) is 24.1 Å². The summed E-state index contributed by atoms with van der Waals surface area (Å²) in [4.78, 5) is 38.0. The molecule has 1 unspecified atom stereocenters. The van der Waals surface area contributed by atoms with Crippen LogP contribution in [0.15, 0.2) is 60.2 Å². The number of ether oxygens (including phenoxy) is 1. The van der Waals surface area contributed by atoms with E-state index in [1.54, 1.807) is 42.5 Å². The van der Waals surface area contributed by atoms with Gasteiger partial charge in [0.1, 0.15) is 5.76 Å². The minimum absolute atomic E-state index is 0.0598. The molecule has 1 aliphatic rings. The number of benzene rings is 2. The summed E-state index contributed by atoms with van der Waals surface area (Å²) in [5, 5.41) is 20.1. The van der Waals surface area contributed by atoms with Crippen LogP contribution in [0, 0.1) is 0 Å². The van der Waals surface area contributed by atoms with Crippen LogP contribution < -0.4 is 0 Å². The van der Waals surface area contributed by atoms with Crippen molar-refractivity contribution in [1.29, 1.82) is 0 Å². The first kappa shape index (κ1) is 19.3. The quantitative estimate of drug-likeness (QED) is 0.355. The average Bonchev–Trinajstić information content (AvgIpc) is 2.98. The number of Topliss-reactive ketones (excluding diaryl/α,β-unsaturated/α-hetero) is 1. The second-order valence-corrected chi connectivity index (χ2v) is 6.20. The van der Waals surface area contributed by atoms with Gasteiger partial charge in [0, 0.05) is 12.1 Å². The minimum Gasteiger partial charge on any atom is -0.507 e. The Morgan fingerprint density at radius 3 is 2.25 bits per heavy atom. The number of methoxy groups -OCH3 is 1. The summed E-state index contributed by atoms with van der Waals surface area (Å²) in [5.74, 6) is -2.42. The topological polar surface area (TPSA) is 104 Å². The summed E-state index contributed by atoms with van der Waals surface area (Å²) in [6.07, 6.45) is 0. The number of likely N-dealkylation sites (tertiary alicyclic amines) is 1. The molecule has 0 bridgehead atoms. The minimum atomic E-state index is -0.876. The Kier molecular flexibility index (Phi) is 5.56. The maximum atomic E-state index is 12.6. The normalized spacial score (nSPS) is 18.4. The molecular weight excluding hydrogens is 362 g/mol. The van der Waals surface area contributed by atoms with E-state index < -0.39 is 23.7 Å². The van der Waals surface area contributed by atoms with Crippen molar-refractivity contribution >= 4 is 23.4 Å². The summed E-state index contributed by atoms with van der Waals surface area (Å²) in [5.41, 5.74) is 1.18. The van der Waals surface area contributed by atoms with Gasteiger partial charge in [0.25, 0.3) is 11.7 Å². The van der Waals surface area contributed by atoms with E-state index in [2.05, 4.69) is 4.74 Å². The molecule has 1 amide bonds. The predicted molar refractivity (Wildman–Crippen MR) is 100 cm³/mol. The highest BCUT2D eigenvalue weighted by molar-refractivity contribution is 6.46. The molecule has 2 aromatic rings. The van der Waals surface area contributed by atoms with Gasteiger partial charge in [-0.1, -0.05) is 42.5 Å². The van der Waals surface area contributed by atoms with Crippen molar-refractivity contribution in [2.45, 2.75) is 6.04 Å². The zero-order valence-electron chi connectivity index (χ0n) is 15.2. The summed E-state index contributed by atoms with van der Waals surface area (Å²) in [7, 11) is 1.27. The van der Waals surface area contributed by atoms with Crippen molar-refractivity contribution in [2.24, 2.45) is 0 Å². The van der Waals surface area contributed by atoms with Gasteiger partial charge in [-0.2, -0.15) is 0 Å². The lowest BCUT2D eigenvalue weighted by Crippen LogP contribution is -2.32. The Morgan fingerprint density at radius 1 is 1.04 bits per heavy atom. The molecule has 0 aliphatic carbocycles. The van der Waals surface area contributed by atoms with Crippen molar-refractivity contribution < 1.29 is 29.3 Å². The molecule has 3 rings (SSSR count). The monoisotopic (exact) mass is 381 g/mol. The maximum Gasteiger partial charge on any atom is 0.337 e. The number of carbonyl (C=O) groups excluding carboxylic acids is 3. The summed E-state index contributed by atoms with van der Waals surface area (Å²) in [6.45, 7) is -0.408. The van der Waals surface area contributed by atoms with Crippen LogP contribution in [0.3, 0.4) is 0 Å². The van der Waals surface area contributed by atoms with E-state index in [1.807, 2.05) is 0 Å².